The molecule has 30 heavy (non-hydrogen) atoms. The van der Waals surface area contributed by atoms with E-state index in [-0.39, 0.29) is 5.91 Å². The summed E-state index contributed by atoms with van der Waals surface area (Å²) >= 11 is 3.53. The highest BCUT2D eigenvalue weighted by Gasteiger charge is 2.13. The van der Waals surface area contributed by atoms with Crippen LogP contribution in [0.1, 0.15) is 39.7 Å². The van der Waals surface area contributed by atoms with Crippen LogP contribution in [0.2, 0.25) is 0 Å². The van der Waals surface area contributed by atoms with Crippen molar-refractivity contribution in [2.45, 2.75) is 19.9 Å². The van der Waals surface area contributed by atoms with Crippen molar-refractivity contribution < 1.29 is 4.79 Å². The molecule has 150 valence electrons. The molecule has 0 unspecified atom stereocenters. The topological polar surface area (TPSA) is 44.9 Å². The average Bonchev–Trinajstić information content (AvgIpc) is 3.19. The van der Waals surface area contributed by atoms with Crippen molar-refractivity contribution in [3.63, 3.8) is 0 Å². The molecule has 0 fully saturated rings. The summed E-state index contributed by atoms with van der Waals surface area (Å²) in [6.07, 6.45) is 5.16. The van der Waals surface area contributed by atoms with E-state index in [4.69, 9.17) is 0 Å². The summed E-state index contributed by atoms with van der Waals surface area (Å²) in [4.78, 5) is 16.3. The van der Waals surface area contributed by atoms with Gasteiger partial charge in [-0.3, -0.25) is 4.79 Å². The number of aryl methyl sites for hydroxylation is 1. The molecule has 4 heteroatoms. The molecule has 3 aromatic carbocycles. The maximum absolute atomic E-state index is 12.9. The van der Waals surface area contributed by atoms with Crippen molar-refractivity contribution in [1.82, 2.24) is 10.3 Å². The molecule has 0 atom stereocenters. The molecule has 0 aliphatic rings. The van der Waals surface area contributed by atoms with Gasteiger partial charge in [0.2, 0.25) is 0 Å². The number of carbonyl (C=O) groups is 1. The summed E-state index contributed by atoms with van der Waals surface area (Å²) in [5.41, 5.74) is 6.08. The van der Waals surface area contributed by atoms with Gasteiger partial charge in [-0.25, -0.2) is 0 Å². The second-order valence-corrected chi connectivity index (χ2v) is 8.15. The van der Waals surface area contributed by atoms with Crippen molar-refractivity contribution in [2.24, 2.45) is 0 Å². The quantitative estimate of drug-likeness (QED) is 0.336. The van der Waals surface area contributed by atoms with Crippen molar-refractivity contribution in [2.75, 3.05) is 0 Å². The molecule has 4 rings (SSSR count). The molecule has 1 amide bonds. The standard InChI is InChI=1S/C26H23BrN2O/c1-2-18-8-10-19(11-9-18)12-13-22-16-23-24(14-21(27)15-25(23)29-22)26(30)28-17-20-6-4-3-5-7-20/h3-16,29H,2,17H2,1H3,(H,28,30)/b13-12+. The zero-order chi connectivity index (χ0) is 20.9. The van der Waals surface area contributed by atoms with Crippen LogP contribution in [-0.2, 0) is 13.0 Å². The van der Waals surface area contributed by atoms with E-state index in [0.29, 0.717) is 12.1 Å². The Kier molecular flexibility index (Phi) is 6.15. The van der Waals surface area contributed by atoms with E-state index in [9.17, 15) is 4.79 Å². The number of aromatic amines is 1. The maximum atomic E-state index is 12.9. The molecule has 1 heterocycles. The van der Waals surface area contributed by atoms with Gasteiger partial charge in [-0.05, 0) is 47.4 Å². The van der Waals surface area contributed by atoms with Gasteiger partial charge in [-0.1, -0.05) is 83.5 Å². The maximum Gasteiger partial charge on any atom is 0.252 e. The van der Waals surface area contributed by atoms with Gasteiger partial charge in [0.15, 0.2) is 0 Å². The summed E-state index contributed by atoms with van der Waals surface area (Å²) in [7, 11) is 0. The van der Waals surface area contributed by atoms with Gasteiger partial charge < -0.3 is 10.3 Å². The Bertz CT molecular complexity index is 1190. The van der Waals surface area contributed by atoms with Gasteiger partial charge in [0.25, 0.3) is 5.91 Å². The number of benzene rings is 3. The number of nitrogens with one attached hydrogen (secondary N) is 2. The minimum absolute atomic E-state index is 0.0881. The number of halogens is 1. The van der Waals surface area contributed by atoms with Gasteiger partial charge in [-0.15, -0.1) is 0 Å². The fourth-order valence-electron chi connectivity index (χ4n) is 3.43. The first-order chi connectivity index (χ1) is 14.6. The summed E-state index contributed by atoms with van der Waals surface area (Å²) < 4.78 is 0.868. The number of rotatable bonds is 6. The fourth-order valence-corrected chi connectivity index (χ4v) is 3.88. The van der Waals surface area contributed by atoms with Crippen LogP contribution in [0.4, 0.5) is 0 Å². The van der Waals surface area contributed by atoms with E-state index in [1.54, 1.807) is 0 Å². The number of amides is 1. The predicted octanol–water partition coefficient (Wildman–Crippen LogP) is 6.59. The summed E-state index contributed by atoms with van der Waals surface area (Å²) in [5.74, 6) is -0.0881. The first-order valence-electron chi connectivity index (χ1n) is 10.0. The van der Waals surface area contributed by atoms with Crippen LogP contribution < -0.4 is 5.32 Å². The van der Waals surface area contributed by atoms with E-state index >= 15 is 0 Å². The molecule has 3 nitrogen and oxygen atoms in total. The lowest BCUT2D eigenvalue weighted by atomic mass is 10.1. The minimum atomic E-state index is -0.0881. The number of hydrogen-bond donors (Lipinski definition) is 2. The number of H-pyrrole nitrogens is 1. The van der Waals surface area contributed by atoms with E-state index < -0.39 is 0 Å². The number of aromatic nitrogens is 1. The number of hydrogen-bond acceptors (Lipinski definition) is 1. The third kappa shape index (κ3) is 4.71. The van der Waals surface area contributed by atoms with Crippen LogP contribution in [0.25, 0.3) is 23.1 Å². The minimum Gasteiger partial charge on any atom is -0.355 e. The van der Waals surface area contributed by atoms with Crippen LogP contribution in [0, 0.1) is 0 Å². The lowest BCUT2D eigenvalue weighted by Gasteiger charge is -2.07. The lowest BCUT2D eigenvalue weighted by molar-refractivity contribution is 0.0952. The molecule has 0 radical (unpaired) electrons. The van der Waals surface area contributed by atoms with Crippen molar-refractivity contribution in [1.29, 1.82) is 0 Å². The fraction of sp³-hybridized carbons (Fsp3) is 0.115. The summed E-state index contributed by atoms with van der Waals surface area (Å²) in [6, 6.07) is 24.4. The number of fused-ring (bicyclic) bond motifs is 1. The smallest absolute Gasteiger partial charge is 0.252 e. The van der Waals surface area contributed by atoms with E-state index in [0.717, 1.165) is 38.6 Å². The van der Waals surface area contributed by atoms with Crippen LogP contribution in [-0.4, -0.2) is 10.9 Å². The average molecular weight is 459 g/mol. The van der Waals surface area contributed by atoms with Crippen LogP contribution >= 0.6 is 15.9 Å². The first kappa shape index (κ1) is 20.2. The van der Waals surface area contributed by atoms with Crippen LogP contribution in [0.3, 0.4) is 0 Å². The molecule has 2 N–H and O–H groups in total. The van der Waals surface area contributed by atoms with E-state index in [1.165, 1.54) is 5.56 Å². The van der Waals surface area contributed by atoms with Gasteiger partial charge >= 0.3 is 0 Å². The summed E-state index contributed by atoms with van der Waals surface area (Å²) in [6.45, 7) is 2.65. The zero-order valence-corrected chi connectivity index (χ0v) is 18.4. The van der Waals surface area contributed by atoms with Gasteiger partial charge in [0.05, 0.1) is 0 Å². The van der Waals surface area contributed by atoms with Crippen LogP contribution in [0.5, 0.6) is 0 Å². The molecule has 4 aromatic rings. The van der Waals surface area contributed by atoms with E-state index in [1.807, 2.05) is 54.6 Å². The lowest BCUT2D eigenvalue weighted by Crippen LogP contribution is -2.22. The second-order valence-electron chi connectivity index (χ2n) is 7.24. The Hall–Kier alpha value is -3.11. The molecule has 0 saturated carbocycles. The third-order valence-corrected chi connectivity index (χ3v) is 5.57. The molecular formula is C26H23BrN2O. The van der Waals surface area contributed by atoms with Gasteiger partial charge in [-0.2, -0.15) is 0 Å². The monoisotopic (exact) mass is 458 g/mol. The Morgan fingerprint density at radius 3 is 2.47 bits per heavy atom. The van der Waals surface area contributed by atoms with Gasteiger partial charge in [0, 0.05) is 33.2 Å². The summed E-state index contributed by atoms with van der Waals surface area (Å²) in [5, 5.41) is 3.93. The SMILES string of the molecule is CCc1ccc(/C=C/c2cc3c(C(=O)NCc4ccccc4)cc(Br)cc3[nH]2)cc1. The molecule has 0 saturated heterocycles. The third-order valence-electron chi connectivity index (χ3n) is 5.11. The molecule has 0 bridgehead atoms. The highest BCUT2D eigenvalue weighted by atomic mass is 79.9. The predicted molar refractivity (Wildman–Crippen MR) is 128 cm³/mol. The van der Waals surface area contributed by atoms with Gasteiger partial charge in [0.1, 0.15) is 0 Å². The zero-order valence-electron chi connectivity index (χ0n) is 16.8. The first-order valence-corrected chi connectivity index (χ1v) is 10.8. The van der Waals surface area contributed by atoms with Crippen molar-refractivity contribution in [3.05, 3.63) is 105 Å². The van der Waals surface area contributed by atoms with Crippen molar-refractivity contribution >= 4 is 44.9 Å². The number of carbonyl (C=O) groups excluding carboxylic acids is 1. The Balaban J connectivity index is 1.57. The highest BCUT2D eigenvalue weighted by molar-refractivity contribution is 9.10. The normalized spacial score (nSPS) is 11.3. The molecule has 0 aliphatic carbocycles. The van der Waals surface area contributed by atoms with Crippen LogP contribution in [0.15, 0.2) is 77.3 Å². The second kappa shape index (κ2) is 9.14. The van der Waals surface area contributed by atoms with Crippen molar-refractivity contribution in [3.8, 4) is 0 Å². The van der Waals surface area contributed by atoms with E-state index in [2.05, 4.69) is 63.5 Å². The molecule has 1 aromatic heterocycles. The largest absolute Gasteiger partial charge is 0.355 e. The molecular weight excluding hydrogens is 436 g/mol. The molecule has 0 spiro atoms. The Morgan fingerprint density at radius 2 is 1.73 bits per heavy atom. The Labute approximate surface area is 185 Å². The Morgan fingerprint density at radius 1 is 0.967 bits per heavy atom. The highest BCUT2D eigenvalue weighted by Crippen LogP contribution is 2.26. The molecule has 0 aliphatic heterocycles.